The SMILES string of the molecule is COc1ccc(NC(=O)COc2cccc3ccccc23)cc1Br. The lowest BCUT2D eigenvalue weighted by Crippen LogP contribution is -2.20. The van der Waals surface area contributed by atoms with E-state index in [2.05, 4.69) is 21.2 Å². The Morgan fingerprint density at radius 2 is 1.83 bits per heavy atom. The summed E-state index contributed by atoms with van der Waals surface area (Å²) in [4.78, 5) is 12.1. The Morgan fingerprint density at radius 1 is 1.04 bits per heavy atom. The van der Waals surface area contributed by atoms with Crippen LogP contribution in [-0.4, -0.2) is 19.6 Å². The Morgan fingerprint density at radius 3 is 2.62 bits per heavy atom. The van der Waals surface area contributed by atoms with Crippen molar-refractivity contribution in [1.82, 2.24) is 0 Å². The minimum atomic E-state index is -0.222. The molecule has 0 saturated carbocycles. The molecular weight excluding hydrogens is 370 g/mol. The van der Waals surface area contributed by atoms with Crippen molar-refractivity contribution >= 4 is 38.3 Å². The number of anilines is 1. The van der Waals surface area contributed by atoms with Gasteiger partial charge in [0.2, 0.25) is 0 Å². The third kappa shape index (κ3) is 3.68. The molecule has 4 nitrogen and oxygen atoms in total. The predicted octanol–water partition coefficient (Wildman–Crippen LogP) is 4.63. The first kappa shape index (κ1) is 16.3. The molecule has 1 amide bonds. The number of carbonyl (C=O) groups is 1. The molecule has 0 bridgehead atoms. The summed E-state index contributed by atoms with van der Waals surface area (Å²) in [6.45, 7) is -0.0579. The summed E-state index contributed by atoms with van der Waals surface area (Å²) < 4.78 is 11.6. The zero-order chi connectivity index (χ0) is 16.9. The minimum absolute atomic E-state index is 0.0579. The van der Waals surface area contributed by atoms with Crippen LogP contribution in [0.4, 0.5) is 5.69 Å². The number of nitrogens with one attached hydrogen (secondary N) is 1. The van der Waals surface area contributed by atoms with Gasteiger partial charge in [0.05, 0.1) is 11.6 Å². The summed E-state index contributed by atoms with van der Waals surface area (Å²) in [5.41, 5.74) is 0.675. The molecule has 0 saturated heterocycles. The molecule has 5 heteroatoms. The Kier molecular flexibility index (Phi) is 5.01. The fourth-order valence-electron chi connectivity index (χ4n) is 2.41. The van der Waals surface area contributed by atoms with Crippen LogP contribution in [0.25, 0.3) is 10.8 Å². The first-order chi connectivity index (χ1) is 11.7. The molecule has 0 fully saturated rings. The van der Waals surface area contributed by atoms with E-state index in [0.29, 0.717) is 17.2 Å². The van der Waals surface area contributed by atoms with E-state index in [1.54, 1.807) is 25.3 Å². The monoisotopic (exact) mass is 385 g/mol. The topological polar surface area (TPSA) is 47.6 Å². The van der Waals surface area contributed by atoms with Crippen LogP contribution in [0.5, 0.6) is 11.5 Å². The average molecular weight is 386 g/mol. The van der Waals surface area contributed by atoms with Crippen LogP contribution in [0.3, 0.4) is 0 Å². The molecule has 1 N–H and O–H groups in total. The minimum Gasteiger partial charge on any atom is -0.496 e. The van der Waals surface area contributed by atoms with Crippen molar-refractivity contribution in [3.05, 3.63) is 65.1 Å². The molecule has 3 aromatic carbocycles. The molecule has 0 unspecified atom stereocenters. The van der Waals surface area contributed by atoms with E-state index in [1.165, 1.54) is 0 Å². The molecule has 0 atom stereocenters. The second-order valence-corrected chi connectivity index (χ2v) is 6.02. The van der Waals surface area contributed by atoms with E-state index >= 15 is 0 Å². The molecule has 0 aliphatic carbocycles. The van der Waals surface area contributed by atoms with E-state index in [-0.39, 0.29) is 12.5 Å². The van der Waals surface area contributed by atoms with Gasteiger partial charge in [0.15, 0.2) is 6.61 Å². The van der Waals surface area contributed by atoms with Crippen LogP contribution < -0.4 is 14.8 Å². The highest BCUT2D eigenvalue weighted by molar-refractivity contribution is 9.10. The van der Waals surface area contributed by atoms with Crippen molar-refractivity contribution < 1.29 is 14.3 Å². The molecule has 0 heterocycles. The zero-order valence-electron chi connectivity index (χ0n) is 13.1. The summed E-state index contributed by atoms with van der Waals surface area (Å²) in [5, 5.41) is 4.87. The highest BCUT2D eigenvalue weighted by atomic mass is 79.9. The fourth-order valence-corrected chi connectivity index (χ4v) is 2.95. The summed E-state index contributed by atoms with van der Waals surface area (Å²) in [6, 6.07) is 19.0. The second kappa shape index (κ2) is 7.36. The Bertz CT molecular complexity index is 874. The second-order valence-electron chi connectivity index (χ2n) is 5.16. The first-order valence-corrected chi connectivity index (χ1v) is 8.20. The van der Waals surface area contributed by atoms with Gasteiger partial charge in [0.1, 0.15) is 11.5 Å². The summed E-state index contributed by atoms with van der Waals surface area (Å²) in [6.07, 6.45) is 0. The number of amides is 1. The predicted molar refractivity (Wildman–Crippen MR) is 98.8 cm³/mol. The van der Waals surface area contributed by atoms with Gasteiger partial charge in [0.25, 0.3) is 5.91 Å². The van der Waals surface area contributed by atoms with Gasteiger partial charge in [0, 0.05) is 11.1 Å². The van der Waals surface area contributed by atoms with Crippen molar-refractivity contribution in [3.8, 4) is 11.5 Å². The largest absolute Gasteiger partial charge is 0.496 e. The number of benzene rings is 3. The van der Waals surface area contributed by atoms with Gasteiger partial charge in [-0.1, -0.05) is 36.4 Å². The highest BCUT2D eigenvalue weighted by Gasteiger charge is 2.08. The third-order valence-corrected chi connectivity index (χ3v) is 4.16. The smallest absolute Gasteiger partial charge is 0.262 e. The average Bonchev–Trinajstić information content (AvgIpc) is 2.60. The van der Waals surface area contributed by atoms with Crippen LogP contribution in [0.2, 0.25) is 0 Å². The molecule has 3 rings (SSSR count). The van der Waals surface area contributed by atoms with Crippen molar-refractivity contribution in [2.75, 3.05) is 19.0 Å². The Hall–Kier alpha value is -2.53. The van der Waals surface area contributed by atoms with E-state index in [1.807, 2.05) is 42.5 Å². The van der Waals surface area contributed by atoms with Crippen molar-refractivity contribution in [3.63, 3.8) is 0 Å². The van der Waals surface area contributed by atoms with E-state index < -0.39 is 0 Å². The van der Waals surface area contributed by atoms with Crippen molar-refractivity contribution in [2.24, 2.45) is 0 Å². The van der Waals surface area contributed by atoms with Crippen molar-refractivity contribution in [2.45, 2.75) is 0 Å². The number of hydrogen-bond donors (Lipinski definition) is 1. The summed E-state index contributed by atoms with van der Waals surface area (Å²) in [7, 11) is 1.59. The van der Waals surface area contributed by atoms with Gasteiger partial charge in [-0.25, -0.2) is 0 Å². The standard InChI is InChI=1S/C19H16BrNO3/c1-23-18-10-9-14(11-16(18)20)21-19(22)12-24-17-8-4-6-13-5-2-3-7-15(13)17/h2-11H,12H2,1H3,(H,21,22). The lowest BCUT2D eigenvalue weighted by molar-refractivity contribution is -0.118. The molecule has 0 aliphatic rings. The number of rotatable bonds is 5. The Labute approximate surface area is 148 Å². The molecule has 24 heavy (non-hydrogen) atoms. The summed E-state index contributed by atoms with van der Waals surface area (Å²) in [5.74, 6) is 1.18. The number of methoxy groups -OCH3 is 1. The van der Waals surface area contributed by atoms with Gasteiger partial charge in [-0.05, 0) is 45.6 Å². The van der Waals surface area contributed by atoms with Gasteiger partial charge < -0.3 is 14.8 Å². The molecule has 3 aromatic rings. The van der Waals surface area contributed by atoms with Crippen LogP contribution in [0.1, 0.15) is 0 Å². The number of carbonyl (C=O) groups excluding carboxylic acids is 1. The zero-order valence-corrected chi connectivity index (χ0v) is 14.7. The maximum atomic E-state index is 12.1. The molecule has 0 aliphatic heterocycles. The van der Waals surface area contributed by atoms with Crippen LogP contribution in [0.15, 0.2) is 65.1 Å². The maximum absolute atomic E-state index is 12.1. The van der Waals surface area contributed by atoms with E-state index in [9.17, 15) is 4.79 Å². The maximum Gasteiger partial charge on any atom is 0.262 e. The van der Waals surface area contributed by atoms with Gasteiger partial charge in [-0.3, -0.25) is 4.79 Å². The molecular formula is C19H16BrNO3. The fraction of sp³-hybridized carbons (Fsp3) is 0.105. The van der Waals surface area contributed by atoms with Crippen molar-refractivity contribution in [1.29, 1.82) is 0 Å². The number of ether oxygens (including phenoxy) is 2. The van der Waals surface area contributed by atoms with Crippen LogP contribution in [-0.2, 0) is 4.79 Å². The number of fused-ring (bicyclic) bond motifs is 1. The molecule has 122 valence electrons. The highest BCUT2D eigenvalue weighted by Crippen LogP contribution is 2.28. The normalized spacial score (nSPS) is 10.4. The van der Waals surface area contributed by atoms with Gasteiger partial charge >= 0.3 is 0 Å². The number of hydrogen-bond acceptors (Lipinski definition) is 3. The van der Waals surface area contributed by atoms with Gasteiger partial charge in [-0.2, -0.15) is 0 Å². The Balaban J connectivity index is 1.66. The van der Waals surface area contributed by atoms with E-state index in [0.717, 1.165) is 15.2 Å². The first-order valence-electron chi connectivity index (χ1n) is 7.41. The molecule has 0 spiro atoms. The van der Waals surface area contributed by atoms with Gasteiger partial charge in [-0.15, -0.1) is 0 Å². The third-order valence-electron chi connectivity index (χ3n) is 3.54. The number of halogens is 1. The summed E-state index contributed by atoms with van der Waals surface area (Å²) >= 11 is 3.39. The lowest BCUT2D eigenvalue weighted by Gasteiger charge is -2.11. The lowest BCUT2D eigenvalue weighted by atomic mass is 10.1. The van der Waals surface area contributed by atoms with Crippen LogP contribution in [0, 0.1) is 0 Å². The molecule has 0 radical (unpaired) electrons. The quantitative estimate of drug-likeness (QED) is 0.696. The van der Waals surface area contributed by atoms with Crippen LogP contribution >= 0.6 is 15.9 Å². The van der Waals surface area contributed by atoms with E-state index in [4.69, 9.17) is 9.47 Å². The molecule has 0 aromatic heterocycles.